The lowest BCUT2D eigenvalue weighted by Gasteiger charge is -2.06. The van der Waals surface area contributed by atoms with Crippen molar-refractivity contribution < 1.29 is 57.8 Å². The molecule has 0 unspecified atom stereocenters. The Hall–Kier alpha value is -11.0. The summed E-state index contributed by atoms with van der Waals surface area (Å²) in [6, 6.07) is 7.61. The Labute approximate surface area is 496 Å². The molecule has 8 aromatic heterocycles. The van der Waals surface area contributed by atoms with E-state index in [-0.39, 0.29) is 133 Å². The summed E-state index contributed by atoms with van der Waals surface area (Å²) >= 11 is 0. The highest BCUT2D eigenvalue weighted by atomic mass is 16.4. The lowest BCUT2D eigenvalue weighted by molar-refractivity contribution is -0.136. The van der Waals surface area contributed by atoms with Crippen LogP contribution in [0.1, 0.15) is 133 Å². The minimum Gasteiger partial charge on any atom is -0.481 e. The van der Waals surface area contributed by atoms with Gasteiger partial charge in [-0.25, -0.2) is 15.0 Å². The van der Waals surface area contributed by atoms with Crippen LogP contribution >= 0.6 is 0 Å². The highest BCUT2D eigenvalue weighted by molar-refractivity contribution is 6.09. The van der Waals surface area contributed by atoms with Crippen molar-refractivity contribution in [3.63, 3.8) is 0 Å². The summed E-state index contributed by atoms with van der Waals surface area (Å²) in [6.45, 7) is 1.55. The Morgan fingerprint density at radius 3 is 1.36 bits per heavy atom. The van der Waals surface area contributed by atoms with Gasteiger partial charge in [0, 0.05) is 138 Å². The lowest BCUT2D eigenvalue weighted by atomic mass is 10.1. The predicted octanol–water partition coefficient (Wildman–Crippen LogP) is 3.10. The zero-order valence-electron chi connectivity index (χ0n) is 49.2. The van der Waals surface area contributed by atoms with Crippen molar-refractivity contribution in [2.24, 2.45) is 56.4 Å². The van der Waals surface area contributed by atoms with Gasteiger partial charge in [0.2, 0.25) is 23.3 Å². The number of carboxylic acids is 1. The molecule has 0 aromatic carbocycles. The number of anilines is 4. The van der Waals surface area contributed by atoms with Crippen LogP contribution in [0.5, 0.6) is 0 Å². The molecule has 454 valence electrons. The Morgan fingerprint density at radius 1 is 0.402 bits per heavy atom. The summed E-state index contributed by atoms with van der Waals surface area (Å²) in [4.78, 5) is 154. The first-order valence-corrected chi connectivity index (χ1v) is 27.2. The average Bonchev–Trinajstić information content (AvgIpc) is 4.43. The van der Waals surface area contributed by atoms with Crippen LogP contribution in [0.2, 0.25) is 0 Å². The van der Waals surface area contributed by atoms with Crippen LogP contribution in [0.4, 0.5) is 22.9 Å². The van der Waals surface area contributed by atoms with Gasteiger partial charge >= 0.3 is 5.97 Å². The predicted molar refractivity (Wildman–Crippen MR) is 314 cm³/mol. The number of aromatic nitrogens is 11. The maximum Gasteiger partial charge on any atom is 0.305 e. The molecule has 7 N–H and O–H groups in total. The molecule has 87 heavy (non-hydrogen) atoms. The fraction of sp³-hybridized carbons (Fsp3) is 0.310. The minimum atomic E-state index is -1.06. The number of hydrogen-bond acceptors (Lipinski definition) is 14. The largest absolute Gasteiger partial charge is 0.481 e. The number of aryl methyl sites for hydroxylation is 8. The van der Waals surface area contributed by atoms with E-state index in [1.807, 2.05) is 0 Å². The van der Waals surface area contributed by atoms with Gasteiger partial charge in [-0.15, -0.1) is 0 Å². The maximum atomic E-state index is 13.5. The Bertz CT molecular complexity index is 4070. The van der Waals surface area contributed by atoms with Gasteiger partial charge in [0.25, 0.3) is 29.5 Å². The van der Waals surface area contributed by atoms with Gasteiger partial charge in [0.15, 0.2) is 23.2 Å². The van der Waals surface area contributed by atoms with Crippen LogP contribution in [-0.4, -0.2) is 134 Å². The Kier molecular flexibility index (Phi) is 18.7. The van der Waals surface area contributed by atoms with E-state index in [1.165, 1.54) is 72.7 Å². The Balaban J connectivity index is 0.760. The third kappa shape index (κ3) is 15.2. The van der Waals surface area contributed by atoms with E-state index in [4.69, 9.17) is 5.11 Å². The highest BCUT2D eigenvalue weighted by Gasteiger charge is 2.25. The number of Topliss-reactive ketones (excluding diaryl/α,β-unsaturated/α-hetero) is 4. The number of nitrogens with zero attached hydrogens (tertiary/aromatic N) is 11. The summed E-state index contributed by atoms with van der Waals surface area (Å²) in [7, 11) is 13.0. The van der Waals surface area contributed by atoms with Crippen LogP contribution in [0.25, 0.3) is 0 Å². The third-order valence-corrected chi connectivity index (χ3v) is 13.8. The molecular formula is C58H65N17O12. The van der Waals surface area contributed by atoms with E-state index >= 15 is 0 Å². The molecular weight excluding hydrogens is 1130 g/mol. The molecule has 0 saturated heterocycles. The van der Waals surface area contributed by atoms with Gasteiger partial charge in [0.1, 0.15) is 28.6 Å². The molecule has 0 atom stereocenters. The zero-order valence-corrected chi connectivity index (χ0v) is 49.2. The van der Waals surface area contributed by atoms with Crippen molar-refractivity contribution >= 4 is 87.4 Å². The quantitative estimate of drug-likeness (QED) is 0.0287. The number of imidazole rings is 3. The van der Waals surface area contributed by atoms with E-state index in [1.54, 1.807) is 107 Å². The molecule has 0 bridgehead atoms. The number of carbonyl (C=O) groups excluding carboxylic acids is 10. The number of aliphatic carboxylic acids is 1. The number of nitrogens with one attached hydrogen (secondary N) is 6. The molecule has 0 fully saturated rings. The second kappa shape index (κ2) is 26.3. The molecule has 0 saturated carbocycles. The molecule has 29 heteroatoms. The molecule has 0 radical (unpaired) electrons. The van der Waals surface area contributed by atoms with Gasteiger partial charge in [-0.05, 0) is 54.8 Å². The van der Waals surface area contributed by atoms with Gasteiger partial charge in [0.05, 0.1) is 53.4 Å². The smallest absolute Gasteiger partial charge is 0.305 e. The number of carbonyl (C=O) groups is 11. The van der Waals surface area contributed by atoms with Gasteiger partial charge in [-0.2, -0.15) is 0 Å². The second-order valence-corrected chi connectivity index (χ2v) is 21.1. The van der Waals surface area contributed by atoms with Crippen LogP contribution in [0, 0.1) is 0 Å². The van der Waals surface area contributed by atoms with Crippen LogP contribution in [0.3, 0.4) is 0 Å². The van der Waals surface area contributed by atoms with Gasteiger partial charge < -0.3 is 73.5 Å². The van der Waals surface area contributed by atoms with Crippen molar-refractivity contribution in [3.05, 3.63) is 148 Å². The Morgan fingerprint density at radius 2 is 0.828 bits per heavy atom. The molecule has 0 aliphatic heterocycles. The summed E-state index contributed by atoms with van der Waals surface area (Å²) in [6.07, 6.45) is 12.5. The van der Waals surface area contributed by atoms with Crippen molar-refractivity contribution in [2.45, 2.75) is 51.9 Å². The lowest BCUT2D eigenvalue weighted by Crippen LogP contribution is -2.27. The van der Waals surface area contributed by atoms with E-state index in [9.17, 15) is 52.7 Å². The fourth-order valence-corrected chi connectivity index (χ4v) is 9.77. The molecule has 8 heterocycles. The topological polar surface area (TPSA) is 358 Å². The standard InChI is InChI=1S/C58H65N17O12/c1-32(76)15-33-16-40(68(2)24-33)45(77)22-38-29-74(8)52(61-38)47(79)23-39-30-73(7)51(62-39)46(78)18-34-17-41(69(3)25-34)54(83)59-13-10-11-49(80)66-48-31-75(9)53(67-48)58(87)65-37-21-44(72(6)28-37)57(86)64-36-20-43(71(5)27-36)56(85)63-35-19-42(70(4)26-35)55(84)60-14-12-50(81)82/h16-17,19-21,24-31H,10-15,18,22-23H2,1-9H3,(H,59,83)(H,60,84)(H,63,85)(H,64,86)(H,65,87)(H,66,80)(H,81,82). The molecule has 8 aromatic rings. The van der Waals surface area contributed by atoms with Crippen LogP contribution < -0.4 is 31.9 Å². The highest BCUT2D eigenvalue weighted by Crippen LogP contribution is 2.22. The molecule has 0 spiro atoms. The zero-order chi connectivity index (χ0) is 63.1. The normalized spacial score (nSPS) is 11.1. The van der Waals surface area contributed by atoms with E-state index < -0.39 is 41.4 Å². The SMILES string of the molecule is CC(=O)Cc1cc(C(=O)Cc2cn(C)c(C(=O)Cc3cn(C)c(C(=O)Cc4cc(C(=O)NCCCC(=O)Nc5cn(C)c(C(=O)Nc6cc(C(=O)Nc7cc(C(=O)Nc8cc(C(=O)NCCC(=O)O)n(C)c8)n(C)c7)n(C)c6)n5)n(C)c4)n3)n2)n(C)c1. The first-order chi connectivity index (χ1) is 41.2. The maximum absolute atomic E-state index is 13.5. The molecule has 6 amide bonds. The summed E-state index contributed by atoms with van der Waals surface area (Å²) in [5, 5.41) is 25.0. The number of ketones is 4. The van der Waals surface area contributed by atoms with E-state index in [0.29, 0.717) is 34.0 Å². The van der Waals surface area contributed by atoms with Crippen molar-refractivity contribution in [1.82, 2.24) is 62.1 Å². The van der Waals surface area contributed by atoms with Crippen molar-refractivity contribution in [2.75, 3.05) is 34.4 Å². The van der Waals surface area contributed by atoms with Crippen molar-refractivity contribution in [1.29, 1.82) is 0 Å². The number of hydrogen-bond donors (Lipinski definition) is 7. The summed E-state index contributed by atoms with van der Waals surface area (Å²) in [5.74, 6) is -4.83. The van der Waals surface area contributed by atoms with Crippen LogP contribution in [0.15, 0.2) is 79.9 Å². The fourth-order valence-electron chi connectivity index (χ4n) is 9.77. The first kappa shape index (κ1) is 62.1. The number of rotatable bonds is 27. The molecule has 8 rings (SSSR count). The second-order valence-electron chi connectivity index (χ2n) is 21.1. The van der Waals surface area contributed by atoms with Gasteiger partial charge in [-0.1, -0.05) is 0 Å². The average molecular weight is 1190 g/mol. The van der Waals surface area contributed by atoms with Crippen LogP contribution in [-0.2, 0) is 96.4 Å². The van der Waals surface area contributed by atoms with Crippen molar-refractivity contribution in [3.8, 4) is 0 Å². The number of amides is 6. The first-order valence-electron chi connectivity index (χ1n) is 27.2. The summed E-state index contributed by atoms with van der Waals surface area (Å²) < 4.78 is 12.2. The molecule has 0 aliphatic carbocycles. The monoisotopic (exact) mass is 1190 g/mol. The third-order valence-electron chi connectivity index (χ3n) is 13.8. The molecule has 0 aliphatic rings. The number of carboxylic acid groups (broad SMARTS) is 1. The van der Waals surface area contributed by atoms with E-state index in [0.717, 1.165) is 5.56 Å². The summed E-state index contributed by atoms with van der Waals surface area (Å²) in [5.41, 5.74) is 4.10. The van der Waals surface area contributed by atoms with E-state index in [2.05, 4.69) is 46.9 Å². The minimum absolute atomic E-state index is 0.00560. The van der Waals surface area contributed by atoms with Gasteiger partial charge in [-0.3, -0.25) is 52.7 Å². The molecule has 29 nitrogen and oxygen atoms in total.